The first-order chi connectivity index (χ1) is 14.3. The van der Waals surface area contributed by atoms with Crippen LogP contribution in [0.1, 0.15) is 0 Å². The van der Waals surface area contributed by atoms with Crippen molar-refractivity contribution in [2.24, 2.45) is 0 Å². The van der Waals surface area contributed by atoms with E-state index < -0.39 is 0 Å². The van der Waals surface area contributed by atoms with E-state index in [9.17, 15) is 0 Å². The first-order valence-electron chi connectivity index (χ1n) is 9.67. The molecule has 0 amide bonds. The second kappa shape index (κ2) is 6.36. The molecule has 0 bridgehead atoms. The summed E-state index contributed by atoms with van der Waals surface area (Å²) in [4.78, 5) is 0. The van der Waals surface area contributed by atoms with Gasteiger partial charge in [-0.1, -0.05) is 70.5 Å². The number of para-hydroxylation sites is 3. The molecule has 0 saturated heterocycles. The molecule has 0 fully saturated rings. The molecule has 4 aromatic carbocycles. The average Bonchev–Trinajstić information content (AvgIpc) is 3.27. The monoisotopic (exact) mass is 436 g/mol. The van der Waals surface area contributed by atoms with Gasteiger partial charge in [0.2, 0.25) is 0 Å². The van der Waals surface area contributed by atoms with Crippen LogP contribution in [0.5, 0.6) is 0 Å². The van der Waals surface area contributed by atoms with Crippen LogP contribution >= 0.6 is 15.9 Å². The van der Waals surface area contributed by atoms with Crippen molar-refractivity contribution in [2.45, 2.75) is 0 Å². The van der Waals surface area contributed by atoms with Crippen LogP contribution in [0.4, 0.5) is 0 Å². The molecule has 6 aromatic rings. The number of aromatic nitrogens is 2. The van der Waals surface area contributed by atoms with Crippen molar-refractivity contribution in [1.82, 2.24) is 9.13 Å². The molecule has 0 radical (unpaired) electrons. The van der Waals surface area contributed by atoms with Gasteiger partial charge in [0.1, 0.15) is 0 Å². The molecule has 0 atom stereocenters. The summed E-state index contributed by atoms with van der Waals surface area (Å²) >= 11 is 3.69. The summed E-state index contributed by atoms with van der Waals surface area (Å²) in [5.41, 5.74) is 7.24. The van der Waals surface area contributed by atoms with Gasteiger partial charge in [0.15, 0.2) is 0 Å². The van der Waals surface area contributed by atoms with Crippen LogP contribution in [0, 0.1) is 0 Å². The highest BCUT2D eigenvalue weighted by Gasteiger charge is 2.21. The van der Waals surface area contributed by atoms with Gasteiger partial charge in [-0.15, -0.1) is 0 Å². The molecule has 2 aromatic heterocycles. The highest BCUT2D eigenvalue weighted by Crippen LogP contribution is 2.41. The standard InChI is InChI=1S/C26H17BrN2/c27-18-15-16-24-22(17-18)26-25(29(24)20-11-5-2-6-12-20)21-13-7-8-14-23(21)28(26)19-9-3-1-4-10-19/h1-17H. The molecule has 0 N–H and O–H groups in total. The summed E-state index contributed by atoms with van der Waals surface area (Å²) in [6, 6.07) is 36.5. The fourth-order valence-electron chi connectivity index (χ4n) is 4.40. The SMILES string of the molecule is Brc1ccc2c(c1)c1c(c3ccccc3n1-c1ccccc1)n2-c1ccccc1. The molecule has 0 spiro atoms. The quantitative estimate of drug-likeness (QED) is 0.266. The Kier molecular flexibility index (Phi) is 3.65. The van der Waals surface area contributed by atoms with Crippen molar-refractivity contribution in [3.63, 3.8) is 0 Å². The fraction of sp³-hybridized carbons (Fsp3) is 0. The molecular formula is C26H17BrN2. The van der Waals surface area contributed by atoms with Crippen LogP contribution < -0.4 is 0 Å². The lowest BCUT2D eigenvalue weighted by atomic mass is 10.2. The summed E-state index contributed by atoms with van der Waals surface area (Å²) in [6.45, 7) is 0. The Morgan fingerprint density at radius 3 is 1.66 bits per heavy atom. The summed E-state index contributed by atoms with van der Waals surface area (Å²) in [5, 5.41) is 2.49. The van der Waals surface area contributed by atoms with E-state index in [1.165, 1.54) is 44.2 Å². The maximum atomic E-state index is 3.69. The summed E-state index contributed by atoms with van der Waals surface area (Å²) in [5.74, 6) is 0. The van der Waals surface area contributed by atoms with E-state index >= 15 is 0 Å². The molecule has 29 heavy (non-hydrogen) atoms. The molecule has 6 rings (SSSR count). The first-order valence-corrected chi connectivity index (χ1v) is 10.5. The molecule has 0 aliphatic carbocycles. The van der Waals surface area contributed by atoms with E-state index in [0.717, 1.165) is 4.47 Å². The minimum Gasteiger partial charge on any atom is -0.307 e. The first kappa shape index (κ1) is 16.6. The van der Waals surface area contributed by atoms with E-state index in [1.54, 1.807) is 0 Å². The van der Waals surface area contributed by atoms with E-state index in [1.807, 2.05) is 0 Å². The Balaban J connectivity index is 1.92. The van der Waals surface area contributed by atoms with E-state index in [4.69, 9.17) is 0 Å². The highest BCUT2D eigenvalue weighted by atomic mass is 79.9. The summed E-state index contributed by atoms with van der Waals surface area (Å²) in [6.07, 6.45) is 0. The van der Waals surface area contributed by atoms with Gasteiger partial charge in [0.25, 0.3) is 0 Å². The van der Waals surface area contributed by atoms with Crippen LogP contribution in [0.3, 0.4) is 0 Å². The maximum Gasteiger partial charge on any atom is 0.0804 e. The van der Waals surface area contributed by atoms with E-state index in [2.05, 4.69) is 128 Å². The van der Waals surface area contributed by atoms with Crippen LogP contribution in [0.2, 0.25) is 0 Å². The third-order valence-corrected chi connectivity index (χ3v) is 6.05. The molecular weight excluding hydrogens is 420 g/mol. The van der Waals surface area contributed by atoms with Crippen molar-refractivity contribution in [3.05, 3.63) is 108 Å². The van der Waals surface area contributed by atoms with Crippen LogP contribution in [0.25, 0.3) is 44.2 Å². The van der Waals surface area contributed by atoms with Gasteiger partial charge in [-0.2, -0.15) is 0 Å². The normalized spacial score (nSPS) is 11.6. The zero-order chi connectivity index (χ0) is 19.4. The molecule has 0 saturated carbocycles. The lowest BCUT2D eigenvalue weighted by Crippen LogP contribution is -1.93. The van der Waals surface area contributed by atoms with E-state index in [0.29, 0.717) is 0 Å². The molecule has 3 heteroatoms. The van der Waals surface area contributed by atoms with Gasteiger partial charge < -0.3 is 9.13 Å². The Hall–Kier alpha value is -3.30. The van der Waals surface area contributed by atoms with Crippen LogP contribution in [0.15, 0.2) is 108 Å². The molecule has 138 valence electrons. The number of fused-ring (bicyclic) bond motifs is 5. The van der Waals surface area contributed by atoms with Gasteiger partial charge in [-0.3, -0.25) is 0 Å². The second-order valence-electron chi connectivity index (χ2n) is 7.22. The Morgan fingerprint density at radius 1 is 0.483 bits per heavy atom. The van der Waals surface area contributed by atoms with Gasteiger partial charge in [-0.05, 0) is 48.5 Å². The second-order valence-corrected chi connectivity index (χ2v) is 8.13. The number of nitrogens with zero attached hydrogens (tertiary/aromatic N) is 2. The number of benzene rings is 4. The van der Waals surface area contributed by atoms with Gasteiger partial charge >= 0.3 is 0 Å². The van der Waals surface area contributed by atoms with Crippen molar-refractivity contribution < 1.29 is 0 Å². The zero-order valence-corrected chi connectivity index (χ0v) is 17.2. The molecule has 0 aliphatic heterocycles. The third kappa shape index (κ3) is 2.41. The molecule has 0 aliphatic rings. The predicted molar refractivity (Wildman–Crippen MR) is 125 cm³/mol. The summed E-state index contributed by atoms with van der Waals surface area (Å²) in [7, 11) is 0. The fourth-order valence-corrected chi connectivity index (χ4v) is 4.76. The molecule has 2 heterocycles. The lowest BCUT2D eigenvalue weighted by Gasteiger charge is -2.08. The maximum absolute atomic E-state index is 3.69. The van der Waals surface area contributed by atoms with Gasteiger partial charge in [0, 0.05) is 26.6 Å². The number of hydrogen-bond donors (Lipinski definition) is 0. The average molecular weight is 437 g/mol. The van der Waals surface area contributed by atoms with E-state index in [-0.39, 0.29) is 0 Å². The van der Waals surface area contributed by atoms with Crippen molar-refractivity contribution >= 4 is 48.8 Å². The minimum atomic E-state index is 1.09. The molecule has 0 unspecified atom stereocenters. The number of rotatable bonds is 2. The summed E-state index contributed by atoms with van der Waals surface area (Å²) < 4.78 is 5.86. The van der Waals surface area contributed by atoms with Crippen molar-refractivity contribution in [3.8, 4) is 11.4 Å². The van der Waals surface area contributed by atoms with Crippen LogP contribution in [-0.4, -0.2) is 9.13 Å². The number of halogens is 1. The lowest BCUT2D eigenvalue weighted by molar-refractivity contribution is 1.17. The van der Waals surface area contributed by atoms with Crippen molar-refractivity contribution in [2.75, 3.05) is 0 Å². The number of hydrogen-bond acceptors (Lipinski definition) is 0. The smallest absolute Gasteiger partial charge is 0.0804 e. The Labute approximate surface area is 176 Å². The van der Waals surface area contributed by atoms with Gasteiger partial charge in [0.05, 0.1) is 22.1 Å². The van der Waals surface area contributed by atoms with Gasteiger partial charge in [-0.25, -0.2) is 0 Å². The zero-order valence-electron chi connectivity index (χ0n) is 15.6. The topological polar surface area (TPSA) is 9.86 Å². The van der Waals surface area contributed by atoms with Crippen LogP contribution in [-0.2, 0) is 0 Å². The highest BCUT2D eigenvalue weighted by molar-refractivity contribution is 9.10. The Bertz CT molecular complexity index is 1450. The largest absolute Gasteiger partial charge is 0.307 e. The predicted octanol–water partition coefficient (Wildman–Crippen LogP) is 7.49. The Morgan fingerprint density at radius 2 is 1.00 bits per heavy atom. The van der Waals surface area contributed by atoms with Crippen molar-refractivity contribution in [1.29, 1.82) is 0 Å². The molecule has 2 nitrogen and oxygen atoms in total. The minimum absolute atomic E-state index is 1.09. The third-order valence-electron chi connectivity index (χ3n) is 5.55.